The topological polar surface area (TPSA) is 56.7 Å². The Kier molecular flexibility index (Phi) is 2.91. The van der Waals surface area contributed by atoms with Crippen molar-refractivity contribution in [1.29, 1.82) is 0 Å². The highest BCUT2D eigenvalue weighted by Gasteiger charge is 2.23. The zero-order valence-electron chi connectivity index (χ0n) is 10.9. The molecule has 0 aliphatic carbocycles. The summed E-state index contributed by atoms with van der Waals surface area (Å²) < 4.78 is 2.27. The number of hydrogen-bond donors (Lipinski definition) is 1. The van der Waals surface area contributed by atoms with E-state index in [0.29, 0.717) is 6.54 Å². The van der Waals surface area contributed by atoms with Crippen LogP contribution in [0.3, 0.4) is 0 Å². The fourth-order valence-corrected chi connectivity index (χ4v) is 2.09. The Labute approximate surface area is 102 Å². The number of rotatable bonds is 2. The molecule has 1 atom stereocenters. The van der Waals surface area contributed by atoms with Crippen LogP contribution in [0.4, 0.5) is 0 Å². The lowest BCUT2D eigenvalue weighted by Gasteiger charge is -2.26. The largest absolute Gasteiger partial charge is 0.330 e. The minimum absolute atomic E-state index is 0.00509. The third-order valence-electron chi connectivity index (χ3n) is 2.95. The van der Waals surface area contributed by atoms with Crippen molar-refractivity contribution in [2.75, 3.05) is 6.54 Å². The Hall–Kier alpha value is -1.42. The predicted molar refractivity (Wildman–Crippen MR) is 70.0 cm³/mol. The molecule has 0 spiro atoms. The van der Waals surface area contributed by atoms with Gasteiger partial charge in [0.25, 0.3) is 0 Å². The highest BCUT2D eigenvalue weighted by Crippen LogP contribution is 2.28. The lowest BCUT2D eigenvalue weighted by molar-refractivity contribution is 0.386. The van der Waals surface area contributed by atoms with Crippen LogP contribution in [0.25, 0.3) is 11.0 Å². The predicted octanol–water partition coefficient (Wildman–Crippen LogP) is 2.25. The maximum atomic E-state index is 5.77. The molecule has 0 bridgehead atoms. The first-order valence-electron chi connectivity index (χ1n) is 5.98. The number of nitrogens with two attached hydrogens (primary N) is 1. The first-order chi connectivity index (χ1) is 7.95. The smallest absolute Gasteiger partial charge is 0.114 e. The summed E-state index contributed by atoms with van der Waals surface area (Å²) in [5, 5.41) is 0. The van der Waals surface area contributed by atoms with E-state index in [9.17, 15) is 0 Å². The van der Waals surface area contributed by atoms with Crippen molar-refractivity contribution < 1.29 is 0 Å². The molecule has 0 saturated carbocycles. The van der Waals surface area contributed by atoms with Gasteiger partial charge in [-0.15, -0.1) is 0 Å². The van der Waals surface area contributed by atoms with Gasteiger partial charge in [0.05, 0.1) is 11.7 Å². The highest BCUT2D eigenvalue weighted by atomic mass is 15.1. The summed E-state index contributed by atoms with van der Waals surface area (Å²) in [7, 11) is 0. The quantitative estimate of drug-likeness (QED) is 0.864. The summed E-state index contributed by atoms with van der Waals surface area (Å²) in [5.74, 6) is 1.30. The third kappa shape index (κ3) is 2.05. The zero-order valence-corrected chi connectivity index (χ0v) is 10.9. The lowest BCUT2D eigenvalue weighted by atomic mass is 10.1. The van der Waals surface area contributed by atoms with Crippen LogP contribution in [0.1, 0.15) is 39.4 Å². The average Bonchev–Trinajstić information content (AvgIpc) is 2.66. The highest BCUT2D eigenvalue weighted by molar-refractivity contribution is 5.75. The van der Waals surface area contributed by atoms with Gasteiger partial charge >= 0.3 is 0 Å². The Morgan fingerprint density at radius 2 is 2.12 bits per heavy atom. The van der Waals surface area contributed by atoms with Crippen molar-refractivity contribution in [3.05, 3.63) is 24.3 Å². The van der Waals surface area contributed by atoms with Crippen LogP contribution < -0.4 is 5.73 Å². The second-order valence-electron chi connectivity index (χ2n) is 5.48. The molecule has 0 radical (unpaired) electrons. The van der Waals surface area contributed by atoms with Crippen LogP contribution in [-0.4, -0.2) is 21.1 Å². The van der Waals surface area contributed by atoms with Gasteiger partial charge in [-0.1, -0.05) is 6.92 Å². The van der Waals surface area contributed by atoms with E-state index in [-0.39, 0.29) is 11.5 Å². The molecule has 92 valence electrons. The van der Waals surface area contributed by atoms with Crippen LogP contribution in [0.15, 0.2) is 18.5 Å². The molecule has 2 aromatic rings. The van der Waals surface area contributed by atoms with Crippen LogP contribution >= 0.6 is 0 Å². The summed E-state index contributed by atoms with van der Waals surface area (Å²) in [6, 6.07) is 2.01. The molecule has 4 heteroatoms. The minimum Gasteiger partial charge on any atom is -0.330 e. The summed E-state index contributed by atoms with van der Waals surface area (Å²) in [5.41, 5.74) is 7.83. The SMILES string of the molecule is CC(CN)c1nc2cnccc2n1C(C)(C)C. The van der Waals surface area contributed by atoms with Gasteiger partial charge < -0.3 is 10.3 Å². The second kappa shape index (κ2) is 4.11. The van der Waals surface area contributed by atoms with Crippen molar-refractivity contribution in [3.63, 3.8) is 0 Å². The molecule has 1 unspecified atom stereocenters. The van der Waals surface area contributed by atoms with Gasteiger partial charge in [-0.05, 0) is 26.8 Å². The molecule has 0 aliphatic rings. The van der Waals surface area contributed by atoms with Crippen LogP contribution in [0, 0.1) is 0 Å². The molecule has 17 heavy (non-hydrogen) atoms. The van der Waals surface area contributed by atoms with E-state index in [1.807, 2.05) is 18.5 Å². The summed E-state index contributed by atoms with van der Waals surface area (Å²) >= 11 is 0. The van der Waals surface area contributed by atoms with Crippen molar-refractivity contribution in [3.8, 4) is 0 Å². The molecule has 2 aromatic heterocycles. The van der Waals surface area contributed by atoms with Gasteiger partial charge in [0, 0.05) is 24.2 Å². The summed E-state index contributed by atoms with van der Waals surface area (Å²) in [6.07, 6.45) is 3.62. The first-order valence-corrected chi connectivity index (χ1v) is 5.98. The van der Waals surface area contributed by atoms with E-state index in [1.54, 1.807) is 0 Å². The van der Waals surface area contributed by atoms with Gasteiger partial charge in [0.1, 0.15) is 11.3 Å². The molecular weight excluding hydrogens is 212 g/mol. The van der Waals surface area contributed by atoms with Gasteiger partial charge in [0.2, 0.25) is 0 Å². The molecule has 0 fully saturated rings. The fourth-order valence-electron chi connectivity index (χ4n) is 2.09. The zero-order chi connectivity index (χ0) is 12.6. The molecule has 0 aliphatic heterocycles. The van der Waals surface area contributed by atoms with E-state index in [0.717, 1.165) is 16.9 Å². The number of nitrogens with zero attached hydrogens (tertiary/aromatic N) is 3. The number of pyridine rings is 1. The van der Waals surface area contributed by atoms with Gasteiger partial charge in [-0.3, -0.25) is 4.98 Å². The first kappa shape index (κ1) is 12.0. The van der Waals surface area contributed by atoms with Crippen molar-refractivity contribution in [2.24, 2.45) is 5.73 Å². The minimum atomic E-state index is -0.00509. The van der Waals surface area contributed by atoms with E-state index in [2.05, 4.69) is 42.2 Å². The number of aromatic nitrogens is 3. The molecule has 0 aromatic carbocycles. The lowest BCUT2D eigenvalue weighted by Crippen LogP contribution is -2.26. The number of imidazole rings is 1. The standard InChI is InChI=1S/C13H20N4/c1-9(7-14)12-16-10-8-15-6-5-11(10)17(12)13(2,3)4/h5-6,8-9H,7,14H2,1-4H3. The Morgan fingerprint density at radius 3 is 2.71 bits per heavy atom. The van der Waals surface area contributed by atoms with Gasteiger partial charge in [-0.25, -0.2) is 4.98 Å². The summed E-state index contributed by atoms with van der Waals surface area (Å²) in [4.78, 5) is 8.80. The molecule has 2 heterocycles. The summed E-state index contributed by atoms with van der Waals surface area (Å²) in [6.45, 7) is 9.26. The van der Waals surface area contributed by atoms with Crippen LogP contribution in [-0.2, 0) is 5.54 Å². The van der Waals surface area contributed by atoms with Crippen LogP contribution in [0.5, 0.6) is 0 Å². The van der Waals surface area contributed by atoms with Crippen molar-refractivity contribution in [2.45, 2.75) is 39.2 Å². The van der Waals surface area contributed by atoms with E-state index in [1.165, 1.54) is 0 Å². The molecule has 0 amide bonds. The van der Waals surface area contributed by atoms with Crippen molar-refractivity contribution >= 4 is 11.0 Å². The molecule has 2 rings (SSSR count). The monoisotopic (exact) mass is 232 g/mol. The Bertz CT molecular complexity index is 522. The van der Waals surface area contributed by atoms with Gasteiger partial charge in [-0.2, -0.15) is 0 Å². The second-order valence-corrected chi connectivity index (χ2v) is 5.48. The Morgan fingerprint density at radius 1 is 1.41 bits per heavy atom. The van der Waals surface area contributed by atoms with E-state index < -0.39 is 0 Å². The molecular formula is C13H20N4. The van der Waals surface area contributed by atoms with Gasteiger partial charge in [0.15, 0.2) is 0 Å². The van der Waals surface area contributed by atoms with Crippen LogP contribution in [0.2, 0.25) is 0 Å². The third-order valence-corrected chi connectivity index (χ3v) is 2.95. The maximum Gasteiger partial charge on any atom is 0.114 e. The van der Waals surface area contributed by atoms with Crippen molar-refractivity contribution in [1.82, 2.24) is 14.5 Å². The number of fused-ring (bicyclic) bond motifs is 1. The molecule has 2 N–H and O–H groups in total. The number of hydrogen-bond acceptors (Lipinski definition) is 3. The van der Waals surface area contributed by atoms with E-state index in [4.69, 9.17) is 5.73 Å². The van der Waals surface area contributed by atoms with E-state index >= 15 is 0 Å². The average molecular weight is 232 g/mol. The maximum absolute atomic E-state index is 5.77. The molecule has 0 saturated heterocycles. The Balaban J connectivity index is 2.74. The normalized spacial score (nSPS) is 14.2. The molecule has 4 nitrogen and oxygen atoms in total. The fraction of sp³-hybridized carbons (Fsp3) is 0.538.